The highest BCUT2D eigenvalue weighted by atomic mass is 32.2. The van der Waals surface area contributed by atoms with E-state index in [-0.39, 0.29) is 18.2 Å². The van der Waals surface area contributed by atoms with Gasteiger partial charge in [0.1, 0.15) is 11.8 Å². The van der Waals surface area contributed by atoms with Gasteiger partial charge in [-0.25, -0.2) is 0 Å². The van der Waals surface area contributed by atoms with E-state index >= 15 is 0 Å². The number of benzene rings is 3. The van der Waals surface area contributed by atoms with Crippen molar-refractivity contribution >= 4 is 35.2 Å². The first-order valence-electron chi connectivity index (χ1n) is 14.2. The van der Waals surface area contributed by atoms with Gasteiger partial charge in [-0.3, -0.25) is 14.4 Å². The lowest BCUT2D eigenvalue weighted by atomic mass is 9.96. The van der Waals surface area contributed by atoms with Crippen LogP contribution in [0.25, 0.3) is 0 Å². The number of ether oxygens (including phenoxy) is 1. The topological polar surface area (TPSA) is 134 Å². The molecular formula is C33H40N4O5S. The van der Waals surface area contributed by atoms with Gasteiger partial charge in [-0.05, 0) is 80.6 Å². The first-order valence-corrected chi connectivity index (χ1v) is 15.1. The van der Waals surface area contributed by atoms with E-state index in [1.165, 1.54) is 16.7 Å². The molecule has 3 aromatic rings. The van der Waals surface area contributed by atoms with Crippen LogP contribution >= 0.6 is 11.8 Å². The molecule has 3 amide bonds. The third kappa shape index (κ3) is 7.32. The maximum Gasteiger partial charge on any atom is 0.254 e. The van der Waals surface area contributed by atoms with Gasteiger partial charge in [-0.2, -0.15) is 0 Å². The van der Waals surface area contributed by atoms with Crippen molar-refractivity contribution in [1.29, 1.82) is 0 Å². The van der Waals surface area contributed by atoms with Crippen LogP contribution in [0.1, 0.15) is 46.5 Å². The number of nitrogens with one attached hydrogen (secondary N) is 2. The fourth-order valence-corrected chi connectivity index (χ4v) is 6.39. The van der Waals surface area contributed by atoms with Crippen LogP contribution in [0, 0.1) is 13.8 Å². The highest BCUT2D eigenvalue weighted by molar-refractivity contribution is 8.00. The Balaban J connectivity index is 1.58. The second kappa shape index (κ2) is 13.5. The van der Waals surface area contributed by atoms with Crippen molar-refractivity contribution in [2.75, 3.05) is 18.7 Å². The van der Waals surface area contributed by atoms with Crippen molar-refractivity contribution in [3.63, 3.8) is 0 Å². The minimum absolute atomic E-state index is 0.165. The number of hydrogen-bond acceptors (Lipinski definition) is 7. The number of nitrogen functional groups attached to an aromatic ring is 1. The molecule has 0 saturated carbocycles. The van der Waals surface area contributed by atoms with Crippen LogP contribution in [-0.4, -0.2) is 63.6 Å². The normalized spacial score (nSPS) is 17.2. The molecule has 1 aliphatic heterocycles. The maximum absolute atomic E-state index is 13.9. The summed E-state index contributed by atoms with van der Waals surface area (Å²) in [5, 5.41) is 17.4. The third-order valence-corrected chi connectivity index (χ3v) is 9.35. The first-order chi connectivity index (χ1) is 20.4. The lowest BCUT2D eigenvalue weighted by Crippen LogP contribution is -2.58. The zero-order valence-electron chi connectivity index (χ0n) is 25.2. The number of amides is 3. The predicted octanol–water partition coefficient (Wildman–Crippen LogP) is 3.59. The molecule has 0 spiro atoms. The van der Waals surface area contributed by atoms with Gasteiger partial charge < -0.3 is 31.1 Å². The molecule has 0 radical (unpaired) electrons. The Kier molecular flexibility index (Phi) is 10.0. The highest BCUT2D eigenvalue weighted by Crippen LogP contribution is 2.40. The van der Waals surface area contributed by atoms with E-state index in [9.17, 15) is 19.5 Å². The number of anilines is 1. The number of aliphatic hydroxyl groups excluding tert-OH is 1. The van der Waals surface area contributed by atoms with Gasteiger partial charge in [-0.15, -0.1) is 11.8 Å². The largest absolute Gasteiger partial charge is 0.497 e. The third-order valence-electron chi connectivity index (χ3n) is 7.98. The van der Waals surface area contributed by atoms with Gasteiger partial charge in [0.05, 0.1) is 19.0 Å². The minimum Gasteiger partial charge on any atom is -0.497 e. The molecule has 1 aliphatic rings. The predicted molar refractivity (Wildman–Crippen MR) is 170 cm³/mol. The average molecular weight is 605 g/mol. The molecular weight excluding hydrogens is 564 g/mol. The van der Waals surface area contributed by atoms with Crippen LogP contribution < -0.4 is 21.1 Å². The van der Waals surface area contributed by atoms with Crippen molar-refractivity contribution in [3.05, 3.63) is 94.5 Å². The van der Waals surface area contributed by atoms with Crippen LogP contribution in [0.15, 0.2) is 66.7 Å². The van der Waals surface area contributed by atoms with Gasteiger partial charge >= 0.3 is 0 Å². The van der Waals surface area contributed by atoms with Gasteiger partial charge in [0.15, 0.2) is 6.10 Å². The molecule has 5 N–H and O–H groups in total. The Bertz CT molecular complexity index is 1480. The minimum atomic E-state index is -1.62. The quantitative estimate of drug-likeness (QED) is 0.260. The Hall–Kier alpha value is -4.02. The Morgan fingerprint density at radius 1 is 1.07 bits per heavy atom. The van der Waals surface area contributed by atoms with E-state index in [1.54, 1.807) is 44.4 Å². The summed E-state index contributed by atoms with van der Waals surface area (Å²) in [7, 11) is 1.57. The van der Waals surface area contributed by atoms with E-state index < -0.39 is 34.7 Å². The molecule has 3 aromatic carbocycles. The number of carbonyl (C=O) groups excluding carboxylic acids is 3. The molecule has 0 unspecified atom stereocenters. The second-order valence-corrected chi connectivity index (χ2v) is 12.9. The lowest BCUT2D eigenvalue weighted by Gasteiger charge is -2.33. The standard InChI is InChI=1S/C33H40N4O5S/c1-20-9-6-7-10-23(20)18-35-31(40)29-33(3,4)43-19-37(29)32(41)28(38)27(17-22-13-15-24(42-5)16-14-22)36-30(39)25-11-8-12-26(34)21(25)2/h6-16,27-29,38H,17-19,34H2,1-5H3,(H,35,40)(H,36,39)/t27-,28-,29+/m0/s1. The number of methoxy groups -OCH3 is 1. The molecule has 4 rings (SSSR count). The Morgan fingerprint density at radius 2 is 1.77 bits per heavy atom. The molecule has 0 aliphatic carbocycles. The fraction of sp³-hybridized carbons (Fsp3) is 0.364. The van der Waals surface area contributed by atoms with Gasteiger partial charge in [0.25, 0.3) is 11.8 Å². The van der Waals surface area contributed by atoms with Crippen molar-refractivity contribution in [3.8, 4) is 5.75 Å². The number of carbonyl (C=O) groups is 3. The summed E-state index contributed by atoms with van der Waals surface area (Å²) in [5.74, 6) is -0.503. The summed E-state index contributed by atoms with van der Waals surface area (Å²) >= 11 is 1.47. The lowest BCUT2D eigenvalue weighted by molar-refractivity contribution is -0.147. The number of hydrogen-bond donors (Lipinski definition) is 4. The van der Waals surface area contributed by atoms with Crippen LogP contribution in [0.4, 0.5) is 5.69 Å². The average Bonchev–Trinajstić information content (AvgIpc) is 3.31. The smallest absolute Gasteiger partial charge is 0.254 e. The zero-order valence-corrected chi connectivity index (χ0v) is 26.0. The van der Waals surface area contributed by atoms with E-state index in [4.69, 9.17) is 10.5 Å². The monoisotopic (exact) mass is 604 g/mol. The van der Waals surface area contributed by atoms with E-state index in [2.05, 4.69) is 10.6 Å². The molecule has 228 valence electrons. The summed E-state index contributed by atoms with van der Waals surface area (Å²) < 4.78 is 4.65. The Labute approximate surface area is 257 Å². The molecule has 9 nitrogen and oxygen atoms in total. The van der Waals surface area contributed by atoms with Crippen LogP contribution in [0.2, 0.25) is 0 Å². The number of thioether (sulfide) groups is 1. The summed E-state index contributed by atoms with van der Waals surface area (Å²) in [6.07, 6.45) is -1.45. The van der Waals surface area contributed by atoms with Gasteiger partial charge in [0, 0.05) is 22.5 Å². The fourth-order valence-electron chi connectivity index (χ4n) is 5.25. The number of rotatable bonds is 10. The Morgan fingerprint density at radius 3 is 2.44 bits per heavy atom. The molecule has 43 heavy (non-hydrogen) atoms. The van der Waals surface area contributed by atoms with Crippen LogP contribution in [0.3, 0.4) is 0 Å². The van der Waals surface area contributed by atoms with Gasteiger partial charge in [-0.1, -0.05) is 42.5 Å². The van der Waals surface area contributed by atoms with Crippen LogP contribution in [0.5, 0.6) is 5.75 Å². The second-order valence-electron chi connectivity index (χ2n) is 11.3. The number of nitrogens with zero attached hydrogens (tertiary/aromatic N) is 1. The van der Waals surface area contributed by atoms with E-state index in [0.29, 0.717) is 29.1 Å². The number of nitrogens with two attached hydrogens (primary N) is 1. The van der Waals surface area contributed by atoms with Crippen molar-refractivity contribution in [2.45, 2.75) is 63.6 Å². The molecule has 1 heterocycles. The molecule has 1 fully saturated rings. The SMILES string of the molecule is COc1ccc(C[C@H](NC(=O)c2cccc(N)c2C)[C@H](O)C(=O)N2CSC(C)(C)[C@H]2C(=O)NCc2ccccc2C)cc1. The maximum atomic E-state index is 13.9. The molecule has 10 heteroatoms. The molecule has 0 aromatic heterocycles. The van der Waals surface area contributed by atoms with Gasteiger partial charge in [0.2, 0.25) is 5.91 Å². The van der Waals surface area contributed by atoms with Crippen molar-refractivity contribution in [2.24, 2.45) is 0 Å². The van der Waals surface area contributed by atoms with Crippen LogP contribution in [-0.2, 0) is 22.6 Å². The summed E-state index contributed by atoms with van der Waals surface area (Å²) in [5.41, 5.74) is 10.3. The zero-order chi connectivity index (χ0) is 31.3. The summed E-state index contributed by atoms with van der Waals surface area (Å²) in [4.78, 5) is 42.3. The van der Waals surface area contributed by atoms with E-state index in [0.717, 1.165) is 16.7 Å². The van der Waals surface area contributed by atoms with E-state index in [1.807, 2.05) is 57.2 Å². The highest BCUT2D eigenvalue weighted by Gasteiger charge is 2.49. The summed E-state index contributed by atoms with van der Waals surface area (Å²) in [6, 6.07) is 18.2. The molecule has 1 saturated heterocycles. The summed E-state index contributed by atoms with van der Waals surface area (Å²) in [6.45, 7) is 7.87. The number of aryl methyl sites for hydroxylation is 1. The molecule has 0 bridgehead atoms. The first kappa shape index (κ1) is 31.9. The number of aliphatic hydroxyl groups is 1. The van der Waals surface area contributed by atoms with Crippen molar-refractivity contribution < 1.29 is 24.2 Å². The van der Waals surface area contributed by atoms with Crippen molar-refractivity contribution in [1.82, 2.24) is 15.5 Å². The molecule has 3 atom stereocenters.